The van der Waals surface area contributed by atoms with Crippen LogP contribution in [0.4, 0.5) is 0 Å². The lowest BCUT2D eigenvalue weighted by Gasteiger charge is -2.61. The Morgan fingerprint density at radius 2 is 2.05 bits per heavy atom. The molecule has 5 aliphatic rings. The van der Waals surface area contributed by atoms with Crippen molar-refractivity contribution in [1.29, 1.82) is 0 Å². The summed E-state index contributed by atoms with van der Waals surface area (Å²) in [5.41, 5.74) is 0.606. The number of carbonyl (C=O) groups is 3. The predicted molar refractivity (Wildman–Crippen MR) is 148 cm³/mol. The van der Waals surface area contributed by atoms with Gasteiger partial charge in [-0.25, -0.2) is 9.59 Å². The van der Waals surface area contributed by atoms with Gasteiger partial charge in [0.25, 0.3) is 0 Å². The number of esters is 2. The molecule has 7 atom stereocenters. The second kappa shape index (κ2) is 10.7. The highest BCUT2D eigenvalue weighted by atomic mass is 16.6. The zero-order valence-corrected chi connectivity index (χ0v) is 23.1. The minimum absolute atomic E-state index is 0. The van der Waals surface area contributed by atoms with Gasteiger partial charge >= 0.3 is 11.9 Å². The van der Waals surface area contributed by atoms with Gasteiger partial charge in [-0.05, 0) is 71.3 Å². The van der Waals surface area contributed by atoms with Gasteiger partial charge in [0, 0.05) is 23.6 Å². The van der Waals surface area contributed by atoms with Crippen LogP contribution >= 0.6 is 0 Å². The van der Waals surface area contributed by atoms with E-state index in [0.29, 0.717) is 30.6 Å². The first-order valence-corrected chi connectivity index (χ1v) is 14.1. The Hall–Kier alpha value is -2.99. The van der Waals surface area contributed by atoms with Gasteiger partial charge in [0.15, 0.2) is 12.2 Å². The van der Waals surface area contributed by atoms with E-state index in [1.54, 1.807) is 6.08 Å². The summed E-state index contributed by atoms with van der Waals surface area (Å²) >= 11 is 0. The van der Waals surface area contributed by atoms with Crippen molar-refractivity contribution in [3.63, 3.8) is 0 Å². The number of nitrogens with one attached hydrogen (secondary N) is 2. The van der Waals surface area contributed by atoms with Crippen molar-refractivity contribution in [3.8, 4) is 5.75 Å². The van der Waals surface area contributed by atoms with Crippen molar-refractivity contribution in [3.05, 3.63) is 40.7 Å². The lowest BCUT2D eigenvalue weighted by Crippen LogP contribution is -2.74. The molecule has 0 radical (unpaired) electrons. The van der Waals surface area contributed by atoms with Gasteiger partial charge in [-0.15, -0.1) is 0 Å². The number of aliphatic hydroxyl groups is 2. The number of rotatable bonds is 7. The van der Waals surface area contributed by atoms with E-state index >= 15 is 0 Å². The van der Waals surface area contributed by atoms with Crippen molar-refractivity contribution in [2.45, 2.75) is 101 Å². The molecule has 2 aliphatic carbocycles. The number of amides is 1. The molecule has 0 unspecified atom stereocenters. The third-order valence-corrected chi connectivity index (χ3v) is 9.56. The highest BCUT2D eigenvalue weighted by molar-refractivity contribution is 5.88. The number of piperidine rings is 1. The zero-order valence-electron chi connectivity index (χ0n) is 23.1. The monoisotopic (exact) mass is 571 g/mol. The summed E-state index contributed by atoms with van der Waals surface area (Å²) in [5, 5.41) is 28.0. The minimum Gasteiger partial charge on any atom is -0.481 e. The minimum atomic E-state index is -1.24. The first-order chi connectivity index (χ1) is 19.1. The highest BCUT2D eigenvalue weighted by Gasteiger charge is 2.71. The summed E-state index contributed by atoms with van der Waals surface area (Å²) in [6, 6.07) is 2.43. The molecule has 3 heterocycles. The van der Waals surface area contributed by atoms with E-state index in [0.717, 1.165) is 30.6 Å². The topological polar surface area (TPSA) is 147 Å². The molecule has 2 fully saturated rings. The lowest BCUT2D eigenvalue weighted by atomic mass is 9.50. The Labute approximate surface area is 240 Å². The summed E-state index contributed by atoms with van der Waals surface area (Å²) in [5.74, 6) is -0.980. The molecule has 11 nitrogen and oxygen atoms in total. The SMILES string of the molecule is C.C[C@H](NC(=O)[C@@H]1CCCN1)C(=O)O[C@@H](C)C(=O)OC1=CC[C@@]2(O)[C@H]3Cc4ccc(CO)c5c4[C@@]2(CCN3C)[C@H]1O5. The van der Waals surface area contributed by atoms with Gasteiger partial charge in [0.2, 0.25) is 5.91 Å². The molecule has 1 amide bonds. The van der Waals surface area contributed by atoms with Crippen molar-refractivity contribution < 1.29 is 38.8 Å². The maximum absolute atomic E-state index is 13.1. The average molecular weight is 572 g/mol. The molecule has 1 aromatic rings. The van der Waals surface area contributed by atoms with Crippen LogP contribution in [0.15, 0.2) is 24.0 Å². The van der Waals surface area contributed by atoms with E-state index in [2.05, 4.69) is 15.5 Å². The normalized spacial score (nSPS) is 32.4. The van der Waals surface area contributed by atoms with Crippen LogP contribution in [0.3, 0.4) is 0 Å². The molecule has 0 saturated carbocycles. The van der Waals surface area contributed by atoms with E-state index in [1.165, 1.54) is 13.8 Å². The van der Waals surface area contributed by atoms with Crippen LogP contribution in [-0.2, 0) is 42.3 Å². The Morgan fingerprint density at radius 3 is 2.76 bits per heavy atom. The molecule has 1 aromatic carbocycles. The molecule has 2 saturated heterocycles. The Bertz CT molecular complexity index is 1280. The van der Waals surface area contributed by atoms with Crippen LogP contribution in [0.1, 0.15) is 63.6 Å². The molecular weight excluding hydrogens is 530 g/mol. The second-order valence-electron chi connectivity index (χ2n) is 11.8. The molecule has 4 N–H and O–H groups in total. The van der Waals surface area contributed by atoms with Crippen LogP contribution in [0.2, 0.25) is 0 Å². The van der Waals surface area contributed by atoms with Crippen LogP contribution in [-0.4, -0.2) is 89.0 Å². The lowest BCUT2D eigenvalue weighted by molar-refractivity contribution is -0.176. The largest absolute Gasteiger partial charge is 0.481 e. The maximum Gasteiger partial charge on any atom is 0.352 e. The van der Waals surface area contributed by atoms with Crippen molar-refractivity contribution >= 4 is 17.8 Å². The predicted octanol–water partition coefficient (Wildman–Crippen LogP) is 0.824. The van der Waals surface area contributed by atoms with Gasteiger partial charge in [-0.2, -0.15) is 0 Å². The first kappa shape index (κ1) is 29.5. The van der Waals surface area contributed by atoms with Gasteiger partial charge in [0.05, 0.1) is 23.7 Å². The van der Waals surface area contributed by atoms with Gasteiger partial charge in [-0.1, -0.05) is 19.6 Å². The molecule has 2 bridgehead atoms. The number of aliphatic hydroxyl groups excluding tert-OH is 1. The Balaban J connectivity index is 0.00000337. The fourth-order valence-corrected chi connectivity index (χ4v) is 7.44. The molecule has 1 spiro atoms. The first-order valence-electron chi connectivity index (χ1n) is 14.1. The summed E-state index contributed by atoms with van der Waals surface area (Å²) in [6.45, 7) is 4.19. The number of likely N-dealkylation sites (N-methyl/N-ethyl adjacent to an activating group) is 1. The van der Waals surface area contributed by atoms with Crippen molar-refractivity contribution in [2.75, 3.05) is 20.1 Å². The highest BCUT2D eigenvalue weighted by Crippen LogP contribution is 2.64. The molecule has 3 aliphatic heterocycles. The van der Waals surface area contributed by atoms with Crippen molar-refractivity contribution in [2.24, 2.45) is 0 Å². The average Bonchev–Trinajstić information content (AvgIpc) is 3.59. The Morgan fingerprint density at radius 1 is 1.27 bits per heavy atom. The van der Waals surface area contributed by atoms with E-state index in [-0.39, 0.29) is 44.2 Å². The molecule has 6 rings (SSSR count). The quantitative estimate of drug-likeness (QED) is 0.347. The second-order valence-corrected chi connectivity index (χ2v) is 11.8. The third-order valence-electron chi connectivity index (χ3n) is 9.56. The Kier molecular flexibility index (Phi) is 7.69. The molecule has 0 aromatic heterocycles. The van der Waals surface area contributed by atoms with Crippen LogP contribution in [0, 0.1) is 0 Å². The van der Waals surface area contributed by atoms with Crippen LogP contribution in [0.5, 0.6) is 5.75 Å². The summed E-state index contributed by atoms with van der Waals surface area (Å²) in [4.78, 5) is 40.3. The standard InChI is InChI=1S/C29H37N3O8.CH4/c1-15(31-25(34)19-5-4-11-30-19)26(35)38-16(2)27(36)39-20-8-9-29(37)21-13-17-6-7-18(14-33)23-22(17)28(29,24(20)40-23)10-12-32(21)3;/h6-8,15-16,19,21,24,30,33,37H,4-5,9-14H2,1-3H3,(H,31,34);1H4/t15-,16-,19-,21+,24-,28-,29+;/m0./s1. The van der Waals surface area contributed by atoms with Crippen molar-refractivity contribution in [1.82, 2.24) is 15.5 Å². The van der Waals surface area contributed by atoms with E-state index in [1.807, 2.05) is 19.2 Å². The molecular formula is C30H41N3O8. The number of nitrogens with zero attached hydrogens (tertiary/aromatic N) is 1. The summed E-state index contributed by atoms with van der Waals surface area (Å²) in [7, 11) is 2.01. The number of benzene rings is 1. The van der Waals surface area contributed by atoms with Crippen LogP contribution < -0.4 is 15.4 Å². The molecule has 11 heteroatoms. The summed E-state index contributed by atoms with van der Waals surface area (Å²) in [6.07, 6.45) is 2.79. The smallest absolute Gasteiger partial charge is 0.352 e. The van der Waals surface area contributed by atoms with Gasteiger partial charge < -0.3 is 40.0 Å². The maximum atomic E-state index is 13.1. The number of hydrogen-bond donors (Lipinski definition) is 4. The van der Waals surface area contributed by atoms with Gasteiger partial charge in [-0.3, -0.25) is 4.79 Å². The molecule has 41 heavy (non-hydrogen) atoms. The number of ether oxygens (including phenoxy) is 3. The fraction of sp³-hybridized carbons (Fsp3) is 0.633. The summed E-state index contributed by atoms with van der Waals surface area (Å²) < 4.78 is 17.6. The third kappa shape index (κ3) is 4.36. The van der Waals surface area contributed by atoms with E-state index in [4.69, 9.17) is 14.2 Å². The van der Waals surface area contributed by atoms with E-state index in [9.17, 15) is 24.6 Å². The number of likely N-dealkylation sites (tertiary alicyclic amines) is 1. The fourth-order valence-electron chi connectivity index (χ4n) is 7.44. The molecule has 224 valence electrons. The number of hydrogen-bond acceptors (Lipinski definition) is 10. The zero-order chi connectivity index (χ0) is 28.4. The van der Waals surface area contributed by atoms with Crippen LogP contribution in [0.25, 0.3) is 0 Å². The van der Waals surface area contributed by atoms with E-state index < -0.39 is 41.2 Å². The number of carbonyl (C=O) groups excluding carboxylic acids is 3. The van der Waals surface area contributed by atoms with Gasteiger partial charge in [0.1, 0.15) is 17.6 Å².